The Balaban J connectivity index is 1.49. The number of carbonyl (C=O) groups excluding carboxylic acids is 4. The Hall–Kier alpha value is -2.78. The van der Waals surface area contributed by atoms with Gasteiger partial charge in [-0.15, -0.1) is 0 Å². The largest absolute Gasteiger partial charge is 0.382 e. The van der Waals surface area contributed by atoms with Crippen LogP contribution in [0.2, 0.25) is 0 Å². The molecule has 2 aliphatic rings. The van der Waals surface area contributed by atoms with E-state index in [1.54, 1.807) is 43.2 Å². The average Bonchev–Trinajstić information content (AvgIpc) is 3.01. The zero-order valence-corrected chi connectivity index (χ0v) is 17.3. The van der Waals surface area contributed by atoms with Crippen molar-refractivity contribution >= 4 is 23.6 Å². The lowest BCUT2D eigenvalue weighted by Crippen LogP contribution is -2.53. The van der Waals surface area contributed by atoms with Crippen molar-refractivity contribution in [3.63, 3.8) is 0 Å². The summed E-state index contributed by atoms with van der Waals surface area (Å²) in [5, 5.41) is 2.90. The second kappa shape index (κ2) is 9.82. The number of fused-ring (bicyclic) bond motifs is 1. The lowest BCUT2D eigenvalue weighted by atomic mass is 10.0. The summed E-state index contributed by atoms with van der Waals surface area (Å²) in [5.41, 5.74) is 0.660. The van der Waals surface area contributed by atoms with Crippen molar-refractivity contribution in [2.45, 2.75) is 31.8 Å². The highest BCUT2D eigenvalue weighted by Gasteiger charge is 2.42. The zero-order valence-electron chi connectivity index (χ0n) is 17.3. The van der Waals surface area contributed by atoms with E-state index in [9.17, 15) is 19.2 Å². The number of imide groups is 1. The number of nitrogens with zero attached hydrogens (tertiary/aromatic N) is 2. The molecule has 0 bridgehead atoms. The number of amides is 4. The molecule has 3 rings (SSSR count). The Morgan fingerprint density at radius 3 is 2.27 bits per heavy atom. The molecule has 0 radical (unpaired) electrons. The molecule has 9 nitrogen and oxygen atoms in total. The quantitative estimate of drug-likeness (QED) is 0.486. The van der Waals surface area contributed by atoms with Crippen LogP contribution in [0.15, 0.2) is 24.3 Å². The van der Waals surface area contributed by atoms with Gasteiger partial charge < -0.3 is 19.7 Å². The standard InChI is InChI=1S/C21H27N3O6/c1-14(24-20(27)16-5-3-4-6-17(16)21(24)28)19(26)23-9-7-15(8-10-23)22-18(25)13-30-12-11-29-2/h3-6,14-15H,7-13H2,1-2H3,(H,22,25). The zero-order chi connectivity index (χ0) is 21.7. The third kappa shape index (κ3) is 4.68. The molecule has 1 unspecified atom stereocenters. The van der Waals surface area contributed by atoms with Crippen molar-refractivity contribution in [2.75, 3.05) is 40.0 Å². The first-order chi connectivity index (χ1) is 14.4. The number of nitrogens with one attached hydrogen (secondary N) is 1. The van der Waals surface area contributed by atoms with Gasteiger partial charge in [-0.05, 0) is 31.9 Å². The molecule has 4 amide bonds. The van der Waals surface area contributed by atoms with Crippen molar-refractivity contribution in [2.24, 2.45) is 0 Å². The molecule has 30 heavy (non-hydrogen) atoms. The molecule has 1 saturated heterocycles. The van der Waals surface area contributed by atoms with Crippen molar-refractivity contribution in [1.82, 2.24) is 15.1 Å². The van der Waals surface area contributed by atoms with Crippen LogP contribution in [0.1, 0.15) is 40.5 Å². The minimum absolute atomic E-state index is 0.0285. The van der Waals surface area contributed by atoms with Crippen LogP contribution in [0.5, 0.6) is 0 Å². The Labute approximate surface area is 175 Å². The Kier molecular flexibility index (Phi) is 7.17. The van der Waals surface area contributed by atoms with Crippen LogP contribution >= 0.6 is 0 Å². The topological polar surface area (TPSA) is 105 Å². The molecule has 2 aliphatic heterocycles. The van der Waals surface area contributed by atoms with Gasteiger partial charge in [0.1, 0.15) is 12.6 Å². The number of methoxy groups -OCH3 is 1. The van der Waals surface area contributed by atoms with Gasteiger partial charge in [0.25, 0.3) is 11.8 Å². The predicted molar refractivity (Wildman–Crippen MR) is 107 cm³/mol. The highest BCUT2D eigenvalue weighted by Crippen LogP contribution is 2.25. The van der Waals surface area contributed by atoms with Gasteiger partial charge in [0.15, 0.2) is 0 Å². The van der Waals surface area contributed by atoms with Gasteiger partial charge in [0, 0.05) is 26.2 Å². The Bertz CT molecular complexity index is 784. The summed E-state index contributed by atoms with van der Waals surface area (Å²) in [6, 6.07) is 5.67. The second-order valence-electron chi connectivity index (χ2n) is 7.41. The molecule has 0 aliphatic carbocycles. The van der Waals surface area contributed by atoms with Crippen LogP contribution in [0.4, 0.5) is 0 Å². The van der Waals surface area contributed by atoms with Gasteiger partial charge in [-0.2, -0.15) is 0 Å². The van der Waals surface area contributed by atoms with Crippen LogP contribution in [0.25, 0.3) is 0 Å². The van der Waals surface area contributed by atoms with Crippen molar-refractivity contribution in [3.05, 3.63) is 35.4 Å². The first kappa shape index (κ1) is 21.9. The van der Waals surface area contributed by atoms with Gasteiger partial charge in [-0.1, -0.05) is 12.1 Å². The first-order valence-corrected chi connectivity index (χ1v) is 10.1. The third-order valence-electron chi connectivity index (χ3n) is 5.41. The number of ether oxygens (including phenoxy) is 2. The van der Waals surface area contributed by atoms with Crippen LogP contribution in [0, 0.1) is 0 Å². The second-order valence-corrected chi connectivity index (χ2v) is 7.41. The molecule has 0 saturated carbocycles. The van der Waals surface area contributed by atoms with Crippen LogP contribution in [-0.4, -0.2) is 85.5 Å². The van der Waals surface area contributed by atoms with Gasteiger partial charge in [-0.3, -0.25) is 24.1 Å². The van der Waals surface area contributed by atoms with E-state index in [1.165, 1.54) is 0 Å². The van der Waals surface area contributed by atoms with Crippen LogP contribution < -0.4 is 5.32 Å². The Morgan fingerprint density at radius 1 is 1.10 bits per heavy atom. The molecule has 1 N–H and O–H groups in total. The number of hydrogen-bond donors (Lipinski definition) is 1. The Morgan fingerprint density at radius 2 is 1.70 bits per heavy atom. The highest BCUT2D eigenvalue weighted by atomic mass is 16.5. The van der Waals surface area contributed by atoms with E-state index >= 15 is 0 Å². The third-order valence-corrected chi connectivity index (χ3v) is 5.41. The summed E-state index contributed by atoms with van der Waals surface area (Å²) in [5.74, 6) is -1.34. The molecular weight excluding hydrogens is 390 g/mol. The van der Waals surface area contributed by atoms with Gasteiger partial charge in [-0.25, -0.2) is 0 Å². The average molecular weight is 417 g/mol. The molecule has 2 heterocycles. The molecular formula is C21H27N3O6. The number of benzene rings is 1. The van der Waals surface area contributed by atoms with E-state index < -0.39 is 17.9 Å². The number of rotatable bonds is 8. The van der Waals surface area contributed by atoms with E-state index in [-0.39, 0.29) is 24.5 Å². The molecule has 1 atom stereocenters. The number of carbonyl (C=O) groups is 4. The van der Waals surface area contributed by atoms with Crippen LogP contribution in [0.3, 0.4) is 0 Å². The van der Waals surface area contributed by atoms with Crippen molar-refractivity contribution in [3.8, 4) is 0 Å². The number of likely N-dealkylation sites (tertiary alicyclic amines) is 1. The fourth-order valence-electron chi connectivity index (χ4n) is 3.75. The maximum absolute atomic E-state index is 12.9. The first-order valence-electron chi connectivity index (χ1n) is 10.1. The fraction of sp³-hybridized carbons (Fsp3) is 0.524. The van der Waals surface area contributed by atoms with E-state index in [2.05, 4.69) is 5.32 Å². The van der Waals surface area contributed by atoms with Crippen LogP contribution in [-0.2, 0) is 19.1 Å². The smallest absolute Gasteiger partial charge is 0.262 e. The maximum Gasteiger partial charge on any atom is 0.262 e. The van der Waals surface area contributed by atoms with E-state index in [0.29, 0.717) is 50.3 Å². The van der Waals surface area contributed by atoms with E-state index in [1.807, 2.05) is 0 Å². The predicted octanol–water partition coefficient (Wildman–Crippen LogP) is 0.441. The summed E-state index contributed by atoms with van der Waals surface area (Å²) in [7, 11) is 1.56. The number of piperidine rings is 1. The molecule has 1 fully saturated rings. The van der Waals surface area contributed by atoms with Gasteiger partial charge in [0.05, 0.1) is 24.3 Å². The van der Waals surface area contributed by atoms with Gasteiger partial charge >= 0.3 is 0 Å². The monoisotopic (exact) mass is 417 g/mol. The molecule has 9 heteroatoms. The van der Waals surface area contributed by atoms with E-state index in [4.69, 9.17) is 9.47 Å². The summed E-state index contributed by atoms with van der Waals surface area (Å²) in [6.45, 7) is 3.23. The highest BCUT2D eigenvalue weighted by molar-refractivity contribution is 6.22. The summed E-state index contributed by atoms with van der Waals surface area (Å²) < 4.78 is 10.1. The number of hydrogen-bond acceptors (Lipinski definition) is 6. The summed E-state index contributed by atoms with van der Waals surface area (Å²) >= 11 is 0. The lowest BCUT2D eigenvalue weighted by Gasteiger charge is -2.35. The van der Waals surface area contributed by atoms with Gasteiger partial charge in [0.2, 0.25) is 11.8 Å². The minimum Gasteiger partial charge on any atom is -0.382 e. The lowest BCUT2D eigenvalue weighted by molar-refractivity contribution is -0.136. The SMILES string of the molecule is COCCOCC(=O)NC1CCN(C(=O)C(C)N2C(=O)c3ccccc3C2=O)CC1. The maximum atomic E-state index is 12.9. The molecule has 0 aromatic heterocycles. The fourth-order valence-corrected chi connectivity index (χ4v) is 3.75. The normalized spacial score (nSPS) is 17.8. The minimum atomic E-state index is -0.877. The summed E-state index contributed by atoms with van der Waals surface area (Å²) in [4.78, 5) is 52.7. The van der Waals surface area contributed by atoms with E-state index in [0.717, 1.165) is 4.90 Å². The van der Waals surface area contributed by atoms with Crippen molar-refractivity contribution in [1.29, 1.82) is 0 Å². The van der Waals surface area contributed by atoms with Crippen molar-refractivity contribution < 1.29 is 28.7 Å². The molecule has 0 spiro atoms. The molecule has 1 aromatic rings. The summed E-state index contributed by atoms with van der Waals surface area (Å²) in [6.07, 6.45) is 1.20. The molecule has 162 valence electrons. The molecule has 1 aromatic carbocycles.